The van der Waals surface area contributed by atoms with Crippen LogP contribution in [0.1, 0.15) is 5.56 Å². The molecule has 2 aromatic rings. The first-order valence-corrected chi connectivity index (χ1v) is 6.01. The van der Waals surface area contributed by atoms with Crippen molar-refractivity contribution in [2.24, 2.45) is 0 Å². The molecule has 0 unspecified atom stereocenters. The summed E-state index contributed by atoms with van der Waals surface area (Å²) in [6, 6.07) is 5.75. The topological polar surface area (TPSA) is 57.8 Å². The Labute approximate surface area is 111 Å². The summed E-state index contributed by atoms with van der Waals surface area (Å²) in [5.74, 6) is 0.348. The van der Waals surface area contributed by atoms with Crippen molar-refractivity contribution in [1.29, 1.82) is 0 Å². The largest absolute Gasteiger partial charge is 0.339 e. The van der Waals surface area contributed by atoms with Gasteiger partial charge in [0.2, 0.25) is 0 Å². The van der Waals surface area contributed by atoms with E-state index in [9.17, 15) is 4.79 Å². The lowest BCUT2D eigenvalue weighted by Crippen LogP contribution is -2.09. The standard InChI is InChI=1S/C11H9BrClN3O/c1-6-4-7(12)2-3-8(6)16-10-9(13)11(17)15-5-14-10/h2-5H,1H3,(H2,14,15,16,17). The van der Waals surface area contributed by atoms with Crippen molar-refractivity contribution in [1.82, 2.24) is 9.97 Å². The maximum Gasteiger partial charge on any atom is 0.271 e. The van der Waals surface area contributed by atoms with Gasteiger partial charge in [-0.15, -0.1) is 0 Å². The number of hydrogen-bond donors (Lipinski definition) is 2. The molecule has 2 rings (SSSR count). The van der Waals surface area contributed by atoms with E-state index in [0.717, 1.165) is 15.7 Å². The van der Waals surface area contributed by atoms with Crippen molar-refractivity contribution in [2.75, 3.05) is 5.32 Å². The predicted octanol–water partition coefficient (Wildman–Crippen LogP) is 3.24. The lowest BCUT2D eigenvalue weighted by Gasteiger charge is -2.09. The monoisotopic (exact) mass is 313 g/mol. The Morgan fingerprint density at radius 3 is 2.94 bits per heavy atom. The molecule has 0 fully saturated rings. The summed E-state index contributed by atoms with van der Waals surface area (Å²) in [6.07, 6.45) is 1.31. The van der Waals surface area contributed by atoms with Gasteiger partial charge in [0, 0.05) is 10.2 Å². The van der Waals surface area contributed by atoms with E-state index in [2.05, 4.69) is 31.2 Å². The van der Waals surface area contributed by atoms with E-state index in [1.54, 1.807) is 0 Å². The molecule has 4 nitrogen and oxygen atoms in total. The van der Waals surface area contributed by atoms with Crippen LogP contribution in [0.5, 0.6) is 0 Å². The second-order valence-corrected chi connectivity index (χ2v) is 4.77. The third-order valence-electron chi connectivity index (χ3n) is 2.24. The van der Waals surface area contributed by atoms with Crippen LogP contribution in [-0.4, -0.2) is 9.97 Å². The summed E-state index contributed by atoms with van der Waals surface area (Å²) in [5.41, 5.74) is 1.52. The Hall–Kier alpha value is -1.33. The zero-order valence-corrected chi connectivity index (χ0v) is 11.3. The van der Waals surface area contributed by atoms with Crippen molar-refractivity contribution in [3.63, 3.8) is 0 Å². The molecule has 0 aliphatic carbocycles. The Morgan fingerprint density at radius 2 is 2.24 bits per heavy atom. The molecule has 17 heavy (non-hydrogen) atoms. The highest BCUT2D eigenvalue weighted by Crippen LogP contribution is 2.24. The molecule has 0 aliphatic rings. The van der Waals surface area contributed by atoms with Crippen LogP contribution in [0.2, 0.25) is 5.02 Å². The van der Waals surface area contributed by atoms with E-state index >= 15 is 0 Å². The summed E-state index contributed by atoms with van der Waals surface area (Å²) in [5, 5.41) is 3.08. The molecule has 0 amide bonds. The van der Waals surface area contributed by atoms with Crippen LogP contribution in [0.25, 0.3) is 0 Å². The molecule has 2 N–H and O–H groups in total. The van der Waals surface area contributed by atoms with Gasteiger partial charge in [0.15, 0.2) is 5.82 Å². The number of aromatic nitrogens is 2. The molecule has 0 atom stereocenters. The molecule has 1 aromatic carbocycles. The first-order chi connectivity index (χ1) is 8.08. The van der Waals surface area contributed by atoms with Crippen molar-refractivity contribution >= 4 is 39.0 Å². The lowest BCUT2D eigenvalue weighted by atomic mass is 10.2. The summed E-state index contributed by atoms with van der Waals surface area (Å²) < 4.78 is 0.991. The molecular weight excluding hydrogens is 305 g/mol. The van der Waals surface area contributed by atoms with E-state index < -0.39 is 0 Å². The minimum absolute atomic E-state index is 0.0508. The summed E-state index contributed by atoms with van der Waals surface area (Å²) >= 11 is 9.23. The molecule has 0 radical (unpaired) electrons. The van der Waals surface area contributed by atoms with E-state index in [-0.39, 0.29) is 10.6 Å². The number of aromatic amines is 1. The molecular formula is C11H9BrClN3O. The van der Waals surface area contributed by atoms with Gasteiger partial charge in [-0.1, -0.05) is 27.5 Å². The molecule has 1 heterocycles. The fraction of sp³-hybridized carbons (Fsp3) is 0.0909. The molecule has 0 saturated carbocycles. The van der Waals surface area contributed by atoms with Gasteiger partial charge in [0.1, 0.15) is 5.02 Å². The maximum atomic E-state index is 11.3. The number of halogens is 2. The number of rotatable bonds is 2. The summed E-state index contributed by atoms with van der Waals surface area (Å²) in [7, 11) is 0. The van der Waals surface area contributed by atoms with Crippen LogP contribution < -0.4 is 10.9 Å². The Balaban J connectivity index is 2.38. The number of H-pyrrole nitrogens is 1. The Bertz CT molecular complexity index is 612. The average Bonchev–Trinajstić information content (AvgIpc) is 2.28. The van der Waals surface area contributed by atoms with Crippen LogP contribution in [-0.2, 0) is 0 Å². The van der Waals surface area contributed by atoms with E-state index in [1.165, 1.54) is 6.33 Å². The maximum absolute atomic E-state index is 11.3. The van der Waals surface area contributed by atoms with Gasteiger partial charge in [-0.2, -0.15) is 0 Å². The van der Waals surface area contributed by atoms with Crippen LogP contribution in [0.3, 0.4) is 0 Å². The zero-order chi connectivity index (χ0) is 12.4. The summed E-state index contributed by atoms with van der Waals surface area (Å²) in [6.45, 7) is 1.95. The number of nitrogens with one attached hydrogen (secondary N) is 2. The number of aryl methyl sites for hydroxylation is 1. The third-order valence-corrected chi connectivity index (χ3v) is 3.08. The second-order valence-electron chi connectivity index (χ2n) is 3.48. The lowest BCUT2D eigenvalue weighted by molar-refractivity contribution is 1.12. The quantitative estimate of drug-likeness (QED) is 0.894. The van der Waals surface area contributed by atoms with Gasteiger partial charge in [0.05, 0.1) is 6.33 Å². The van der Waals surface area contributed by atoms with E-state index in [4.69, 9.17) is 11.6 Å². The first kappa shape index (κ1) is 12.1. The third kappa shape index (κ3) is 2.68. The number of nitrogens with zero attached hydrogens (tertiary/aromatic N) is 1. The molecule has 6 heteroatoms. The molecule has 88 valence electrons. The predicted molar refractivity (Wildman–Crippen MR) is 72.0 cm³/mol. The Morgan fingerprint density at radius 1 is 1.47 bits per heavy atom. The smallest absolute Gasteiger partial charge is 0.271 e. The van der Waals surface area contributed by atoms with E-state index in [1.807, 2.05) is 25.1 Å². The van der Waals surface area contributed by atoms with Crippen LogP contribution >= 0.6 is 27.5 Å². The van der Waals surface area contributed by atoms with Gasteiger partial charge in [-0.05, 0) is 30.7 Å². The van der Waals surface area contributed by atoms with Crippen molar-refractivity contribution in [3.05, 3.63) is 49.9 Å². The second kappa shape index (κ2) is 4.89. The molecule has 0 spiro atoms. The van der Waals surface area contributed by atoms with Gasteiger partial charge >= 0.3 is 0 Å². The fourth-order valence-corrected chi connectivity index (χ4v) is 1.99. The zero-order valence-electron chi connectivity index (χ0n) is 8.92. The molecule has 1 aromatic heterocycles. The first-order valence-electron chi connectivity index (χ1n) is 4.84. The SMILES string of the molecule is Cc1cc(Br)ccc1Nc1nc[nH]c(=O)c1Cl. The van der Waals surface area contributed by atoms with E-state index in [0.29, 0.717) is 5.82 Å². The molecule has 0 saturated heterocycles. The average molecular weight is 315 g/mol. The van der Waals surface area contributed by atoms with Gasteiger partial charge in [0.25, 0.3) is 5.56 Å². The highest BCUT2D eigenvalue weighted by molar-refractivity contribution is 9.10. The van der Waals surface area contributed by atoms with Crippen LogP contribution in [0, 0.1) is 6.92 Å². The fourth-order valence-electron chi connectivity index (χ4n) is 1.37. The minimum atomic E-state index is -0.362. The molecule has 0 bridgehead atoms. The number of anilines is 2. The highest BCUT2D eigenvalue weighted by atomic mass is 79.9. The van der Waals surface area contributed by atoms with Gasteiger partial charge in [-0.3, -0.25) is 4.79 Å². The number of benzene rings is 1. The van der Waals surface area contributed by atoms with Crippen molar-refractivity contribution < 1.29 is 0 Å². The molecule has 0 aliphatic heterocycles. The summed E-state index contributed by atoms with van der Waals surface area (Å²) in [4.78, 5) is 17.7. The normalized spacial score (nSPS) is 10.3. The van der Waals surface area contributed by atoms with Crippen molar-refractivity contribution in [2.45, 2.75) is 6.92 Å². The highest BCUT2D eigenvalue weighted by Gasteiger charge is 2.07. The Kier molecular flexibility index (Phi) is 3.49. The van der Waals surface area contributed by atoms with Gasteiger partial charge in [-0.25, -0.2) is 4.98 Å². The minimum Gasteiger partial charge on any atom is -0.339 e. The van der Waals surface area contributed by atoms with Crippen LogP contribution in [0.15, 0.2) is 33.8 Å². The van der Waals surface area contributed by atoms with Crippen molar-refractivity contribution in [3.8, 4) is 0 Å². The van der Waals surface area contributed by atoms with Gasteiger partial charge < -0.3 is 10.3 Å². The van der Waals surface area contributed by atoms with Crippen LogP contribution in [0.4, 0.5) is 11.5 Å². The number of hydrogen-bond acceptors (Lipinski definition) is 3.